The van der Waals surface area contributed by atoms with Gasteiger partial charge in [-0.2, -0.15) is 5.10 Å². The van der Waals surface area contributed by atoms with Gasteiger partial charge < -0.3 is 5.32 Å². The molecule has 0 atom stereocenters. The van der Waals surface area contributed by atoms with Crippen LogP contribution in [0.2, 0.25) is 0 Å². The summed E-state index contributed by atoms with van der Waals surface area (Å²) in [6.07, 6.45) is 2.78. The standard InChI is InChI=1S/C13H16BrFN4/c1-2-5-16-7-13-17-9-19(18-13)8-10-3-4-11(15)6-12(10)14/h3-4,6,9,16H,2,5,7-8H2,1H3. The van der Waals surface area contributed by atoms with Crippen LogP contribution < -0.4 is 5.32 Å². The Balaban J connectivity index is 1.99. The lowest BCUT2D eigenvalue weighted by Gasteiger charge is -2.04. The van der Waals surface area contributed by atoms with Crippen molar-refractivity contribution in [2.75, 3.05) is 6.54 Å². The van der Waals surface area contributed by atoms with Gasteiger partial charge in [-0.3, -0.25) is 0 Å². The molecule has 0 unspecified atom stereocenters. The fourth-order valence-corrected chi connectivity index (χ4v) is 2.17. The summed E-state index contributed by atoms with van der Waals surface area (Å²) < 4.78 is 15.5. The summed E-state index contributed by atoms with van der Waals surface area (Å²) in [5.74, 6) is 0.519. The molecule has 19 heavy (non-hydrogen) atoms. The molecule has 0 radical (unpaired) electrons. The Labute approximate surface area is 120 Å². The van der Waals surface area contributed by atoms with Crippen LogP contribution in [0, 0.1) is 5.82 Å². The molecular formula is C13H16BrFN4. The quantitative estimate of drug-likeness (QED) is 0.830. The van der Waals surface area contributed by atoms with Crippen molar-refractivity contribution in [3.63, 3.8) is 0 Å². The van der Waals surface area contributed by atoms with Crippen LogP contribution in [0.1, 0.15) is 24.7 Å². The van der Waals surface area contributed by atoms with Gasteiger partial charge in [-0.05, 0) is 30.7 Å². The molecule has 0 aliphatic rings. The summed E-state index contributed by atoms with van der Waals surface area (Å²) >= 11 is 3.35. The van der Waals surface area contributed by atoms with Crippen molar-refractivity contribution in [3.05, 3.63) is 46.2 Å². The number of benzene rings is 1. The Morgan fingerprint density at radius 2 is 2.26 bits per heavy atom. The zero-order valence-corrected chi connectivity index (χ0v) is 12.3. The second-order valence-corrected chi connectivity index (χ2v) is 5.13. The maximum Gasteiger partial charge on any atom is 0.164 e. The maximum atomic E-state index is 13.0. The van der Waals surface area contributed by atoms with Crippen LogP contribution in [0.4, 0.5) is 4.39 Å². The minimum atomic E-state index is -0.251. The van der Waals surface area contributed by atoms with Crippen molar-refractivity contribution in [2.24, 2.45) is 0 Å². The third-order valence-corrected chi connectivity index (χ3v) is 3.38. The lowest BCUT2D eigenvalue weighted by molar-refractivity contribution is 0.616. The number of aromatic nitrogens is 3. The van der Waals surface area contributed by atoms with Crippen molar-refractivity contribution >= 4 is 15.9 Å². The van der Waals surface area contributed by atoms with E-state index in [1.165, 1.54) is 12.1 Å². The van der Waals surface area contributed by atoms with E-state index in [0.29, 0.717) is 13.1 Å². The molecule has 0 fully saturated rings. The van der Waals surface area contributed by atoms with E-state index in [1.54, 1.807) is 17.1 Å². The molecule has 0 aliphatic heterocycles. The molecule has 0 saturated heterocycles. The Morgan fingerprint density at radius 3 is 3.00 bits per heavy atom. The third kappa shape index (κ3) is 4.11. The summed E-state index contributed by atoms with van der Waals surface area (Å²) in [5.41, 5.74) is 0.972. The lowest BCUT2D eigenvalue weighted by atomic mass is 10.2. The van der Waals surface area contributed by atoms with E-state index in [4.69, 9.17) is 0 Å². The van der Waals surface area contributed by atoms with Crippen molar-refractivity contribution in [1.82, 2.24) is 20.1 Å². The first kappa shape index (κ1) is 14.1. The van der Waals surface area contributed by atoms with E-state index in [1.807, 2.05) is 0 Å². The number of nitrogens with one attached hydrogen (secondary N) is 1. The second-order valence-electron chi connectivity index (χ2n) is 4.27. The van der Waals surface area contributed by atoms with Crippen molar-refractivity contribution in [2.45, 2.75) is 26.4 Å². The first-order valence-corrected chi connectivity index (χ1v) is 7.01. The fourth-order valence-electron chi connectivity index (χ4n) is 1.69. The average molecular weight is 327 g/mol. The molecule has 2 aromatic rings. The van der Waals surface area contributed by atoms with Crippen LogP contribution >= 0.6 is 15.9 Å². The highest BCUT2D eigenvalue weighted by Gasteiger charge is 2.05. The Hall–Kier alpha value is -1.27. The highest BCUT2D eigenvalue weighted by atomic mass is 79.9. The van der Waals surface area contributed by atoms with Gasteiger partial charge in [0.05, 0.1) is 13.1 Å². The molecule has 4 nitrogen and oxygen atoms in total. The summed E-state index contributed by atoms with van der Waals surface area (Å²) in [7, 11) is 0. The van der Waals surface area contributed by atoms with Crippen molar-refractivity contribution in [1.29, 1.82) is 0 Å². The van der Waals surface area contributed by atoms with E-state index in [9.17, 15) is 4.39 Å². The number of nitrogens with zero attached hydrogens (tertiary/aromatic N) is 3. The molecule has 1 heterocycles. The summed E-state index contributed by atoms with van der Waals surface area (Å²) in [6, 6.07) is 4.65. The normalized spacial score (nSPS) is 10.9. The molecule has 0 spiro atoms. The molecule has 0 saturated carbocycles. The van der Waals surface area contributed by atoms with E-state index in [2.05, 4.69) is 38.3 Å². The minimum absolute atomic E-state index is 0.251. The molecule has 0 bridgehead atoms. The number of halogens is 2. The van der Waals surface area contributed by atoms with Gasteiger partial charge in [0.2, 0.25) is 0 Å². The Kier molecular flexibility index (Phi) is 5.04. The molecule has 1 aromatic heterocycles. The minimum Gasteiger partial charge on any atom is -0.310 e. The van der Waals surface area contributed by atoms with E-state index >= 15 is 0 Å². The molecule has 2 rings (SSSR count). The fraction of sp³-hybridized carbons (Fsp3) is 0.385. The van der Waals surface area contributed by atoms with Gasteiger partial charge in [0, 0.05) is 4.47 Å². The molecule has 102 valence electrons. The van der Waals surface area contributed by atoms with Crippen molar-refractivity contribution in [3.8, 4) is 0 Å². The zero-order valence-electron chi connectivity index (χ0n) is 10.7. The number of hydrogen-bond acceptors (Lipinski definition) is 3. The molecule has 1 aromatic carbocycles. The molecule has 0 amide bonds. The van der Waals surface area contributed by atoms with Crippen molar-refractivity contribution < 1.29 is 4.39 Å². The van der Waals surface area contributed by atoms with Crippen LogP contribution in [0.5, 0.6) is 0 Å². The predicted octanol–water partition coefficient (Wildman–Crippen LogP) is 2.73. The van der Waals surface area contributed by atoms with Gasteiger partial charge in [0.25, 0.3) is 0 Å². The highest BCUT2D eigenvalue weighted by Crippen LogP contribution is 2.18. The van der Waals surface area contributed by atoms with Gasteiger partial charge in [-0.25, -0.2) is 14.1 Å². The van der Waals surface area contributed by atoms with Gasteiger partial charge in [-0.1, -0.05) is 28.9 Å². The summed E-state index contributed by atoms with van der Waals surface area (Å²) in [4.78, 5) is 4.23. The van der Waals surface area contributed by atoms with Crippen LogP contribution in [0.3, 0.4) is 0 Å². The van der Waals surface area contributed by atoms with E-state index in [0.717, 1.165) is 28.8 Å². The van der Waals surface area contributed by atoms with Gasteiger partial charge in [-0.15, -0.1) is 0 Å². The summed E-state index contributed by atoms with van der Waals surface area (Å²) in [5, 5.41) is 7.62. The lowest BCUT2D eigenvalue weighted by Crippen LogP contribution is -2.15. The largest absolute Gasteiger partial charge is 0.310 e. The van der Waals surface area contributed by atoms with Gasteiger partial charge in [0.15, 0.2) is 5.82 Å². The van der Waals surface area contributed by atoms with Gasteiger partial charge in [0.1, 0.15) is 12.1 Å². The summed E-state index contributed by atoms with van der Waals surface area (Å²) in [6.45, 7) is 4.32. The first-order chi connectivity index (χ1) is 9.19. The average Bonchev–Trinajstić information content (AvgIpc) is 2.81. The molecule has 0 aliphatic carbocycles. The topological polar surface area (TPSA) is 42.7 Å². The maximum absolute atomic E-state index is 13.0. The predicted molar refractivity (Wildman–Crippen MR) is 75.2 cm³/mol. The molecule has 1 N–H and O–H groups in total. The first-order valence-electron chi connectivity index (χ1n) is 6.22. The van der Waals surface area contributed by atoms with Crippen LogP contribution in [0.25, 0.3) is 0 Å². The van der Waals surface area contributed by atoms with Crippen LogP contribution in [0.15, 0.2) is 29.0 Å². The number of hydrogen-bond donors (Lipinski definition) is 1. The third-order valence-electron chi connectivity index (χ3n) is 2.64. The second kappa shape index (κ2) is 6.77. The van der Waals surface area contributed by atoms with Gasteiger partial charge >= 0.3 is 0 Å². The highest BCUT2D eigenvalue weighted by molar-refractivity contribution is 9.10. The molecule has 6 heteroatoms. The van der Waals surface area contributed by atoms with E-state index < -0.39 is 0 Å². The van der Waals surface area contributed by atoms with Crippen LogP contribution in [-0.4, -0.2) is 21.3 Å². The SMILES string of the molecule is CCCNCc1ncn(Cc2ccc(F)cc2Br)n1. The number of rotatable bonds is 6. The zero-order chi connectivity index (χ0) is 13.7. The smallest absolute Gasteiger partial charge is 0.164 e. The Bertz CT molecular complexity index is 541. The van der Waals surface area contributed by atoms with E-state index in [-0.39, 0.29) is 5.82 Å². The monoisotopic (exact) mass is 326 g/mol. The molecular weight excluding hydrogens is 311 g/mol. The van der Waals surface area contributed by atoms with Crippen LogP contribution in [-0.2, 0) is 13.1 Å². The Morgan fingerprint density at radius 1 is 1.42 bits per heavy atom.